The van der Waals surface area contributed by atoms with Crippen LogP contribution in [0.3, 0.4) is 0 Å². The number of carbonyl (C=O) groups is 1. The van der Waals surface area contributed by atoms with Gasteiger partial charge in [0.05, 0.1) is 11.0 Å². The number of carbonyl (C=O) groups excluding carboxylic acids is 1. The first-order chi connectivity index (χ1) is 9.59. The third-order valence-electron chi connectivity index (χ3n) is 3.73. The van der Waals surface area contributed by atoms with Crippen LogP contribution in [0, 0.1) is 26.9 Å². The van der Waals surface area contributed by atoms with Crippen LogP contribution >= 0.6 is 0 Å². The lowest BCUT2D eigenvalue weighted by molar-refractivity contribution is -0.385. The van der Waals surface area contributed by atoms with Crippen LogP contribution in [0.15, 0.2) is 24.3 Å². The van der Waals surface area contributed by atoms with E-state index in [0.29, 0.717) is 18.4 Å². The highest BCUT2D eigenvalue weighted by Gasteiger charge is 2.41. The Labute approximate surface area is 116 Å². The normalized spacial score (nSPS) is 16.4. The highest BCUT2D eigenvalue weighted by molar-refractivity contribution is 5.85. The van der Waals surface area contributed by atoms with Crippen LogP contribution in [-0.2, 0) is 11.3 Å². The Morgan fingerprint density at radius 3 is 2.65 bits per heavy atom. The molecule has 20 heavy (non-hydrogen) atoms. The molecule has 0 spiro atoms. The second kappa shape index (κ2) is 5.70. The van der Waals surface area contributed by atoms with Crippen LogP contribution in [0.25, 0.3) is 0 Å². The van der Waals surface area contributed by atoms with Crippen molar-refractivity contribution >= 4 is 11.6 Å². The van der Waals surface area contributed by atoms with Crippen LogP contribution in [0.2, 0.25) is 0 Å². The average Bonchev–Trinajstić information content (AvgIpc) is 2.95. The molecule has 1 aromatic carbocycles. The SMILES string of the molecule is N#CC1(C(=O)NCc2ccccc2[N+](=O)[O-])CCCC1. The summed E-state index contributed by atoms with van der Waals surface area (Å²) in [5.41, 5.74) is -0.536. The number of nitro groups is 1. The summed E-state index contributed by atoms with van der Waals surface area (Å²) in [6.07, 6.45) is 2.86. The average molecular weight is 273 g/mol. The number of nitro benzene ring substituents is 1. The number of hydrogen-bond acceptors (Lipinski definition) is 4. The maximum Gasteiger partial charge on any atom is 0.274 e. The van der Waals surface area contributed by atoms with E-state index in [9.17, 15) is 20.2 Å². The fourth-order valence-corrected chi connectivity index (χ4v) is 2.55. The smallest absolute Gasteiger partial charge is 0.274 e. The van der Waals surface area contributed by atoms with E-state index in [-0.39, 0.29) is 18.1 Å². The fourth-order valence-electron chi connectivity index (χ4n) is 2.55. The first kappa shape index (κ1) is 14.0. The van der Waals surface area contributed by atoms with Crippen molar-refractivity contribution in [3.05, 3.63) is 39.9 Å². The molecule has 0 aliphatic heterocycles. The molecule has 0 radical (unpaired) electrons. The zero-order valence-corrected chi connectivity index (χ0v) is 11.0. The van der Waals surface area contributed by atoms with E-state index < -0.39 is 10.3 Å². The monoisotopic (exact) mass is 273 g/mol. The highest BCUT2D eigenvalue weighted by atomic mass is 16.6. The Morgan fingerprint density at radius 2 is 2.05 bits per heavy atom. The van der Waals surface area contributed by atoms with Gasteiger partial charge in [-0.1, -0.05) is 31.0 Å². The second-order valence-corrected chi connectivity index (χ2v) is 4.97. The summed E-state index contributed by atoms with van der Waals surface area (Å²) in [5.74, 6) is -0.323. The number of rotatable bonds is 4. The summed E-state index contributed by atoms with van der Waals surface area (Å²) >= 11 is 0. The maximum absolute atomic E-state index is 12.1. The molecule has 0 unspecified atom stereocenters. The predicted molar refractivity (Wildman–Crippen MR) is 71.5 cm³/mol. The lowest BCUT2D eigenvalue weighted by Crippen LogP contribution is -2.37. The molecule has 0 saturated heterocycles. The summed E-state index contributed by atoms with van der Waals surface area (Å²) in [5, 5.41) is 22.8. The van der Waals surface area contributed by atoms with Crippen LogP contribution in [0.1, 0.15) is 31.2 Å². The number of benzene rings is 1. The van der Waals surface area contributed by atoms with Crippen LogP contribution in [-0.4, -0.2) is 10.8 Å². The number of hydrogen-bond donors (Lipinski definition) is 1. The Hall–Kier alpha value is -2.42. The van der Waals surface area contributed by atoms with Gasteiger partial charge in [-0.05, 0) is 12.8 Å². The first-order valence-electron chi connectivity index (χ1n) is 6.51. The minimum atomic E-state index is -0.955. The number of amides is 1. The van der Waals surface area contributed by atoms with Gasteiger partial charge < -0.3 is 5.32 Å². The summed E-state index contributed by atoms with van der Waals surface area (Å²) < 4.78 is 0. The van der Waals surface area contributed by atoms with Crippen molar-refractivity contribution in [1.82, 2.24) is 5.32 Å². The number of nitrogens with zero attached hydrogens (tertiary/aromatic N) is 2. The first-order valence-corrected chi connectivity index (χ1v) is 6.51. The van der Waals surface area contributed by atoms with Gasteiger partial charge in [0.15, 0.2) is 0 Å². The van der Waals surface area contributed by atoms with Gasteiger partial charge in [-0.25, -0.2) is 0 Å². The molecule has 1 amide bonds. The molecular weight excluding hydrogens is 258 g/mol. The van der Waals surface area contributed by atoms with Crippen molar-refractivity contribution < 1.29 is 9.72 Å². The lowest BCUT2D eigenvalue weighted by atomic mass is 9.87. The number of nitriles is 1. The van der Waals surface area contributed by atoms with Gasteiger partial charge in [0.2, 0.25) is 5.91 Å². The minimum absolute atomic E-state index is 0.0229. The van der Waals surface area contributed by atoms with Crippen molar-refractivity contribution in [2.75, 3.05) is 0 Å². The Kier molecular flexibility index (Phi) is 3.99. The summed E-state index contributed by atoms with van der Waals surface area (Å²) in [6, 6.07) is 8.37. The predicted octanol–water partition coefficient (Wildman–Crippen LogP) is 2.29. The molecule has 0 heterocycles. The zero-order chi connectivity index (χ0) is 14.6. The molecule has 1 N–H and O–H groups in total. The molecule has 0 aromatic heterocycles. The molecule has 6 heteroatoms. The van der Waals surface area contributed by atoms with Gasteiger partial charge in [0, 0.05) is 18.2 Å². The molecule has 1 aliphatic rings. The lowest BCUT2D eigenvalue weighted by Gasteiger charge is -2.19. The second-order valence-electron chi connectivity index (χ2n) is 4.97. The quantitative estimate of drug-likeness (QED) is 0.672. The van der Waals surface area contributed by atoms with E-state index in [1.54, 1.807) is 18.2 Å². The van der Waals surface area contributed by atoms with Crippen molar-refractivity contribution in [2.45, 2.75) is 32.2 Å². The van der Waals surface area contributed by atoms with Gasteiger partial charge in [0.25, 0.3) is 5.69 Å². The third-order valence-corrected chi connectivity index (χ3v) is 3.73. The Balaban J connectivity index is 2.08. The van der Waals surface area contributed by atoms with E-state index in [2.05, 4.69) is 11.4 Å². The van der Waals surface area contributed by atoms with Crippen LogP contribution in [0.5, 0.6) is 0 Å². The van der Waals surface area contributed by atoms with Crippen molar-refractivity contribution in [3.63, 3.8) is 0 Å². The van der Waals surface area contributed by atoms with Crippen molar-refractivity contribution in [3.8, 4) is 6.07 Å². The summed E-state index contributed by atoms with van der Waals surface area (Å²) in [4.78, 5) is 22.6. The molecule has 0 atom stereocenters. The molecule has 1 aromatic rings. The van der Waals surface area contributed by atoms with Gasteiger partial charge in [-0.3, -0.25) is 14.9 Å². The van der Waals surface area contributed by atoms with E-state index in [0.717, 1.165) is 12.8 Å². The molecule has 6 nitrogen and oxygen atoms in total. The topological polar surface area (TPSA) is 96.0 Å². The van der Waals surface area contributed by atoms with Crippen LogP contribution in [0.4, 0.5) is 5.69 Å². The van der Waals surface area contributed by atoms with E-state index in [1.807, 2.05) is 0 Å². The van der Waals surface area contributed by atoms with E-state index >= 15 is 0 Å². The minimum Gasteiger partial charge on any atom is -0.350 e. The van der Waals surface area contributed by atoms with Gasteiger partial charge in [-0.15, -0.1) is 0 Å². The maximum atomic E-state index is 12.1. The standard InChI is InChI=1S/C14H15N3O3/c15-10-14(7-3-4-8-14)13(18)16-9-11-5-1-2-6-12(11)17(19)20/h1-2,5-6H,3-4,7-9H2,(H,16,18). The Bertz CT molecular complexity index is 571. The van der Waals surface area contributed by atoms with E-state index in [4.69, 9.17) is 0 Å². The number of nitrogens with one attached hydrogen (secondary N) is 1. The Morgan fingerprint density at radius 1 is 1.40 bits per heavy atom. The van der Waals surface area contributed by atoms with Crippen molar-refractivity contribution in [1.29, 1.82) is 5.26 Å². The molecule has 104 valence electrons. The van der Waals surface area contributed by atoms with E-state index in [1.165, 1.54) is 6.07 Å². The van der Waals surface area contributed by atoms with Crippen molar-refractivity contribution in [2.24, 2.45) is 5.41 Å². The highest BCUT2D eigenvalue weighted by Crippen LogP contribution is 2.37. The number of para-hydroxylation sites is 1. The largest absolute Gasteiger partial charge is 0.350 e. The van der Waals surface area contributed by atoms with Gasteiger partial charge in [0.1, 0.15) is 5.41 Å². The molecule has 1 aliphatic carbocycles. The van der Waals surface area contributed by atoms with Gasteiger partial charge in [-0.2, -0.15) is 5.26 Å². The molecule has 1 saturated carbocycles. The summed E-state index contributed by atoms with van der Waals surface area (Å²) in [7, 11) is 0. The fraction of sp³-hybridized carbons (Fsp3) is 0.429. The molecule has 1 fully saturated rings. The molecule has 2 rings (SSSR count). The van der Waals surface area contributed by atoms with Gasteiger partial charge >= 0.3 is 0 Å². The zero-order valence-electron chi connectivity index (χ0n) is 11.0. The summed E-state index contributed by atoms with van der Waals surface area (Å²) in [6.45, 7) is 0.0689. The molecular formula is C14H15N3O3. The third kappa shape index (κ3) is 2.62. The molecule has 0 bridgehead atoms. The van der Waals surface area contributed by atoms with Crippen LogP contribution < -0.4 is 5.32 Å².